The van der Waals surface area contributed by atoms with Gasteiger partial charge < -0.3 is 10.1 Å². The first-order chi connectivity index (χ1) is 10.2. The third-order valence-corrected chi connectivity index (χ3v) is 4.55. The molecule has 2 heterocycles. The van der Waals surface area contributed by atoms with Crippen molar-refractivity contribution in [1.29, 1.82) is 0 Å². The lowest BCUT2D eigenvalue weighted by atomic mass is 10.2. The molecule has 1 atom stereocenters. The van der Waals surface area contributed by atoms with Crippen LogP contribution in [0.25, 0.3) is 0 Å². The van der Waals surface area contributed by atoms with E-state index < -0.39 is 0 Å². The molecule has 7 heteroatoms. The number of amidine groups is 1. The zero-order valence-corrected chi connectivity index (χ0v) is 12.4. The van der Waals surface area contributed by atoms with Gasteiger partial charge in [-0.25, -0.2) is 0 Å². The van der Waals surface area contributed by atoms with Crippen molar-refractivity contribution >= 4 is 34.4 Å². The van der Waals surface area contributed by atoms with Crippen LogP contribution in [0.4, 0.5) is 5.69 Å². The van der Waals surface area contributed by atoms with Crippen molar-refractivity contribution in [3.05, 3.63) is 24.3 Å². The topological polar surface area (TPSA) is 71.0 Å². The first-order valence-corrected chi connectivity index (χ1v) is 7.52. The summed E-state index contributed by atoms with van der Waals surface area (Å²) in [6, 6.07) is 7.08. The van der Waals surface area contributed by atoms with Crippen LogP contribution in [-0.2, 0) is 9.59 Å². The monoisotopic (exact) mass is 305 g/mol. The van der Waals surface area contributed by atoms with Gasteiger partial charge in [-0.2, -0.15) is 0 Å². The summed E-state index contributed by atoms with van der Waals surface area (Å²) in [4.78, 5) is 30.0. The Kier molecular flexibility index (Phi) is 3.83. The minimum absolute atomic E-state index is 0.0128. The first kappa shape index (κ1) is 13.9. The molecule has 2 amide bonds. The number of ether oxygens (including phenoxy) is 1. The maximum absolute atomic E-state index is 12.1. The molecular formula is C14H15N3O3S. The molecule has 0 aliphatic carbocycles. The van der Waals surface area contributed by atoms with Gasteiger partial charge in [0.2, 0.25) is 11.8 Å². The predicted molar refractivity (Wildman–Crippen MR) is 81.6 cm³/mol. The van der Waals surface area contributed by atoms with Gasteiger partial charge in [-0.1, -0.05) is 11.8 Å². The number of hydrogen-bond acceptors (Lipinski definition) is 5. The molecule has 6 nitrogen and oxygen atoms in total. The predicted octanol–water partition coefficient (Wildman–Crippen LogP) is 1.34. The van der Waals surface area contributed by atoms with Crippen LogP contribution in [0.1, 0.15) is 6.42 Å². The van der Waals surface area contributed by atoms with Crippen molar-refractivity contribution < 1.29 is 14.3 Å². The summed E-state index contributed by atoms with van der Waals surface area (Å²) in [5.41, 5.74) is 0.689. The molecule has 2 aliphatic heterocycles. The highest BCUT2D eigenvalue weighted by Crippen LogP contribution is 2.31. The molecule has 0 aromatic heterocycles. The van der Waals surface area contributed by atoms with Crippen molar-refractivity contribution in [2.75, 3.05) is 25.5 Å². The number of carbonyl (C=O) groups excluding carboxylic acids is 2. The van der Waals surface area contributed by atoms with Crippen molar-refractivity contribution in [3.8, 4) is 5.75 Å². The number of anilines is 1. The maximum Gasteiger partial charge on any atom is 0.242 e. The van der Waals surface area contributed by atoms with Crippen LogP contribution in [0.2, 0.25) is 0 Å². The quantitative estimate of drug-likeness (QED) is 0.911. The number of carbonyl (C=O) groups is 2. The van der Waals surface area contributed by atoms with Crippen molar-refractivity contribution in [2.24, 2.45) is 4.99 Å². The Bertz CT molecular complexity index is 600. The molecular weight excluding hydrogens is 290 g/mol. The zero-order chi connectivity index (χ0) is 14.8. The fourth-order valence-electron chi connectivity index (χ4n) is 2.27. The van der Waals surface area contributed by atoms with Crippen molar-refractivity contribution in [3.63, 3.8) is 0 Å². The van der Waals surface area contributed by atoms with Gasteiger partial charge in [0.25, 0.3) is 0 Å². The van der Waals surface area contributed by atoms with Crippen LogP contribution >= 0.6 is 11.8 Å². The zero-order valence-electron chi connectivity index (χ0n) is 11.5. The average molecular weight is 305 g/mol. The van der Waals surface area contributed by atoms with E-state index in [1.54, 1.807) is 36.3 Å². The van der Waals surface area contributed by atoms with Crippen LogP contribution < -0.4 is 10.1 Å². The second kappa shape index (κ2) is 5.77. The molecule has 1 aromatic carbocycles. The molecule has 0 radical (unpaired) electrons. The third-order valence-electron chi connectivity index (χ3n) is 3.34. The van der Waals surface area contributed by atoms with Crippen molar-refractivity contribution in [2.45, 2.75) is 11.7 Å². The molecule has 110 valence electrons. The lowest BCUT2D eigenvalue weighted by Gasteiger charge is -2.10. The number of thioether (sulfide) groups is 1. The first-order valence-electron chi connectivity index (χ1n) is 6.64. The largest absolute Gasteiger partial charge is 0.497 e. The molecule has 0 bridgehead atoms. The van der Waals surface area contributed by atoms with E-state index in [0.29, 0.717) is 18.8 Å². The molecule has 1 N–H and O–H groups in total. The van der Waals surface area contributed by atoms with E-state index in [0.717, 1.165) is 10.9 Å². The molecule has 0 unspecified atom stereocenters. The minimum atomic E-state index is -0.359. The Hall–Kier alpha value is -2.02. The molecule has 0 spiro atoms. The Balaban J connectivity index is 1.58. The minimum Gasteiger partial charge on any atom is -0.497 e. The van der Waals surface area contributed by atoms with Crippen LogP contribution in [0.5, 0.6) is 5.75 Å². The van der Waals surface area contributed by atoms with Crippen LogP contribution in [0.15, 0.2) is 29.3 Å². The summed E-state index contributed by atoms with van der Waals surface area (Å²) in [5, 5.41) is 3.18. The van der Waals surface area contributed by atoms with Crippen LogP contribution in [0.3, 0.4) is 0 Å². The van der Waals surface area contributed by atoms with E-state index >= 15 is 0 Å². The van der Waals surface area contributed by atoms with E-state index in [1.807, 2.05) is 0 Å². The highest BCUT2D eigenvalue weighted by Gasteiger charge is 2.40. The van der Waals surface area contributed by atoms with E-state index in [1.165, 1.54) is 11.8 Å². The van der Waals surface area contributed by atoms with E-state index in [2.05, 4.69) is 10.3 Å². The molecule has 0 saturated carbocycles. The number of aliphatic imine (C=N–C) groups is 1. The standard InChI is InChI=1S/C14H15N3O3S/c1-20-10-4-2-9(3-5-10)16-12(18)8-11-13(19)17-7-6-15-14(17)21-11/h2-5,11H,6-8H2,1H3,(H,16,18)/t11-/m0/s1. The van der Waals surface area contributed by atoms with E-state index in [9.17, 15) is 9.59 Å². The summed E-state index contributed by atoms with van der Waals surface area (Å²) in [7, 11) is 1.59. The number of amides is 2. The van der Waals surface area contributed by atoms with Gasteiger partial charge in [-0.15, -0.1) is 0 Å². The molecule has 1 saturated heterocycles. The van der Waals surface area contributed by atoms with Gasteiger partial charge in [0.15, 0.2) is 5.17 Å². The number of nitrogens with one attached hydrogen (secondary N) is 1. The Morgan fingerprint density at radius 2 is 2.24 bits per heavy atom. The summed E-state index contributed by atoms with van der Waals surface area (Å²) in [6.07, 6.45) is 0.158. The summed E-state index contributed by atoms with van der Waals surface area (Å²) in [5.74, 6) is 0.544. The number of fused-ring (bicyclic) bond motifs is 1. The van der Waals surface area contributed by atoms with Gasteiger partial charge in [-0.05, 0) is 24.3 Å². The van der Waals surface area contributed by atoms with Gasteiger partial charge in [0.05, 0.1) is 13.7 Å². The van der Waals surface area contributed by atoms with E-state index in [4.69, 9.17) is 4.74 Å². The summed E-state index contributed by atoms with van der Waals surface area (Å²) in [6.45, 7) is 1.30. The number of methoxy groups -OCH3 is 1. The summed E-state index contributed by atoms with van der Waals surface area (Å²) < 4.78 is 5.06. The lowest BCUT2D eigenvalue weighted by Crippen LogP contribution is -2.32. The smallest absolute Gasteiger partial charge is 0.242 e. The molecule has 1 fully saturated rings. The van der Waals surface area contributed by atoms with Crippen LogP contribution in [0, 0.1) is 0 Å². The normalized spacial score (nSPS) is 20.2. The maximum atomic E-state index is 12.1. The Morgan fingerprint density at radius 1 is 1.48 bits per heavy atom. The van der Waals surface area contributed by atoms with E-state index in [-0.39, 0.29) is 23.5 Å². The second-order valence-corrected chi connectivity index (χ2v) is 5.91. The van der Waals surface area contributed by atoms with Gasteiger partial charge in [-0.3, -0.25) is 19.5 Å². The lowest BCUT2D eigenvalue weighted by molar-refractivity contribution is -0.127. The second-order valence-electron chi connectivity index (χ2n) is 4.74. The molecule has 3 rings (SSSR count). The molecule has 2 aliphatic rings. The molecule has 21 heavy (non-hydrogen) atoms. The number of nitrogens with zero attached hydrogens (tertiary/aromatic N) is 2. The Morgan fingerprint density at radius 3 is 2.90 bits per heavy atom. The van der Waals surface area contributed by atoms with Gasteiger partial charge >= 0.3 is 0 Å². The highest BCUT2D eigenvalue weighted by atomic mass is 32.2. The number of rotatable bonds is 4. The number of hydrogen-bond donors (Lipinski definition) is 1. The SMILES string of the molecule is COc1ccc(NC(=O)C[C@@H]2SC3=NCCN3C2=O)cc1. The molecule has 1 aromatic rings. The van der Waals surface area contributed by atoms with Gasteiger partial charge in [0, 0.05) is 18.7 Å². The van der Waals surface area contributed by atoms with Crippen molar-refractivity contribution in [1.82, 2.24) is 4.90 Å². The fraction of sp³-hybridized carbons (Fsp3) is 0.357. The van der Waals surface area contributed by atoms with Gasteiger partial charge in [0.1, 0.15) is 11.0 Å². The fourth-order valence-corrected chi connectivity index (χ4v) is 3.46. The average Bonchev–Trinajstić information content (AvgIpc) is 3.04. The number of benzene rings is 1. The van der Waals surface area contributed by atoms with Crippen LogP contribution in [-0.4, -0.2) is 47.3 Å². The Labute approximate surface area is 126 Å². The highest BCUT2D eigenvalue weighted by molar-refractivity contribution is 8.15. The summed E-state index contributed by atoms with van der Waals surface area (Å²) >= 11 is 1.38. The third kappa shape index (κ3) is 2.87.